The van der Waals surface area contributed by atoms with Crippen LogP contribution in [0.2, 0.25) is 5.02 Å². The van der Waals surface area contributed by atoms with Crippen LogP contribution in [0.3, 0.4) is 0 Å². The fraction of sp³-hybridized carbons (Fsp3) is 0.400. The number of nitrogen functional groups attached to an aromatic ring is 1. The van der Waals surface area contributed by atoms with Crippen LogP contribution in [0.5, 0.6) is 0 Å². The van der Waals surface area contributed by atoms with Gasteiger partial charge in [0.25, 0.3) is 0 Å². The third-order valence-corrected chi connectivity index (χ3v) is 8.98. The second-order valence-electron chi connectivity index (χ2n) is 11.1. The molecule has 43 heavy (non-hydrogen) atoms. The van der Waals surface area contributed by atoms with E-state index in [0.29, 0.717) is 73.3 Å². The Hall–Kier alpha value is -4.50. The molecule has 0 aliphatic carbocycles. The number of hydrogen-bond donors (Lipinski definition) is 1. The third-order valence-electron chi connectivity index (χ3n) is 8.68. The van der Waals surface area contributed by atoms with Gasteiger partial charge in [0.15, 0.2) is 0 Å². The van der Waals surface area contributed by atoms with Gasteiger partial charge in [-0.3, -0.25) is 14.2 Å². The van der Waals surface area contributed by atoms with E-state index in [1.54, 1.807) is 20.4 Å². The highest BCUT2D eigenvalue weighted by molar-refractivity contribution is 6.35. The summed E-state index contributed by atoms with van der Waals surface area (Å²) in [5.74, 6) is -0.449. The second-order valence-corrected chi connectivity index (χ2v) is 11.5. The Labute approximate surface area is 252 Å². The Bertz CT molecular complexity index is 1750. The Kier molecular flexibility index (Phi) is 7.52. The van der Waals surface area contributed by atoms with Crippen molar-refractivity contribution in [3.05, 3.63) is 57.9 Å². The van der Waals surface area contributed by atoms with Crippen LogP contribution in [0.15, 0.2) is 35.8 Å². The number of amides is 2. The van der Waals surface area contributed by atoms with Crippen LogP contribution < -0.4 is 16.3 Å². The first-order valence-corrected chi connectivity index (χ1v) is 14.6. The topological polar surface area (TPSA) is 141 Å². The molecular weight excluding hydrogens is 575 g/mol. The van der Waals surface area contributed by atoms with Gasteiger partial charge in [-0.15, -0.1) is 0 Å². The van der Waals surface area contributed by atoms with Gasteiger partial charge in [0, 0.05) is 61.3 Å². The van der Waals surface area contributed by atoms with Crippen LogP contribution in [-0.4, -0.2) is 74.9 Å². The highest BCUT2D eigenvalue weighted by Crippen LogP contribution is 2.45. The van der Waals surface area contributed by atoms with Crippen molar-refractivity contribution in [1.82, 2.24) is 24.3 Å². The maximum Gasteiger partial charge on any atom is 0.350 e. The smallest absolute Gasteiger partial charge is 0.350 e. The summed E-state index contributed by atoms with van der Waals surface area (Å²) in [5.41, 5.74) is 7.31. The highest BCUT2D eigenvalue weighted by atomic mass is 35.5. The highest BCUT2D eigenvalue weighted by Gasteiger charge is 2.35. The fourth-order valence-corrected chi connectivity index (χ4v) is 7.05. The standard InChI is InChI=1S/C30H30ClFN8O3/c1-2-23(41)39-13-12-38(15-17(39)7-9-33)29-20-14-21(31)25(26-22(32)8-10-35-28(26)34)19-6-5-18(16-37-11-3-4-24(37)42)40(27(19)20)30(43)36-29/h2,8,10,14,17-18H,1,3-7,11-13,15-16H2,(H2,34,35)/t17-,18?/m0/s1. The number of halogens is 2. The van der Waals surface area contributed by atoms with E-state index in [1.165, 1.54) is 18.3 Å². The molecule has 6 rings (SSSR count). The minimum absolute atomic E-state index is 0.0205. The van der Waals surface area contributed by atoms with Gasteiger partial charge in [-0.2, -0.15) is 10.2 Å². The monoisotopic (exact) mass is 604 g/mol. The van der Waals surface area contributed by atoms with Gasteiger partial charge in [0.1, 0.15) is 17.5 Å². The first-order valence-electron chi connectivity index (χ1n) is 14.2. The Morgan fingerprint density at radius 2 is 2.05 bits per heavy atom. The van der Waals surface area contributed by atoms with E-state index < -0.39 is 17.5 Å². The molecule has 1 aromatic carbocycles. The lowest BCUT2D eigenvalue weighted by atomic mass is 9.89. The average molecular weight is 605 g/mol. The number of aromatic nitrogens is 3. The lowest BCUT2D eigenvalue weighted by molar-refractivity contribution is -0.129. The van der Waals surface area contributed by atoms with Crippen molar-refractivity contribution < 1.29 is 14.0 Å². The van der Waals surface area contributed by atoms with Crippen molar-refractivity contribution >= 4 is 46.0 Å². The molecule has 2 fully saturated rings. The van der Waals surface area contributed by atoms with Gasteiger partial charge in [-0.25, -0.2) is 14.2 Å². The maximum atomic E-state index is 15.3. The van der Waals surface area contributed by atoms with E-state index in [0.717, 1.165) is 6.42 Å². The van der Waals surface area contributed by atoms with Crippen LogP contribution in [0.1, 0.15) is 37.3 Å². The molecule has 2 atom stereocenters. The van der Waals surface area contributed by atoms with Crippen LogP contribution in [0, 0.1) is 17.1 Å². The van der Waals surface area contributed by atoms with Crippen molar-refractivity contribution in [2.75, 3.05) is 43.4 Å². The van der Waals surface area contributed by atoms with Crippen LogP contribution in [0.4, 0.5) is 16.0 Å². The molecule has 2 amide bonds. The van der Waals surface area contributed by atoms with Crippen LogP contribution in [-0.2, 0) is 16.0 Å². The fourth-order valence-electron chi connectivity index (χ4n) is 6.73. The first-order chi connectivity index (χ1) is 20.7. The predicted octanol–water partition coefficient (Wildman–Crippen LogP) is 3.06. The summed E-state index contributed by atoms with van der Waals surface area (Å²) in [6, 6.07) is 4.25. The summed E-state index contributed by atoms with van der Waals surface area (Å²) < 4.78 is 16.9. The normalized spacial score (nSPS) is 20.0. The number of nitrogens with two attached hydrogens (primary N) is 1. The molecule has 3 aromatic rings. The van der Waals surface area contributed by atoms with Crippen molar-refractivity contribution in [3.63, 3.8) is 0 Å². The van der Waals surface area contributed by atoms with E-state index >= 15 is 4.39 Å². The van der Waals surface area contributed by atoms with Crippen molar-refractivity contribution in [1.29, 1.82) is 5.26 Å². The zero-order valence-corrected chi connectivity index (χ0v) is 24.2. The molecule has 2 aromatic heterocycles. The number of nitriles is 1. The van der Waals surface area contributed by atoms with Crippen LogP contribution >= 0.6 is 11.6 Å². The number of pyridine rings is 1. The molecule has 2 N–H and O–H groups in total. The van der Waals surface area contributed by atoms with Gasteiger partial charge >= 0.3 is 5.69 Å². The molecular formula is C30H30ClFN8O3. The number of aryl methyl sites for hydroxylation is 1. The number of carbonyl (C=O) groups is 2. The first kappa shape index (κ1) is 28.6. The molecule has 13 heteroatoms. The number of piperazine rings is 1. The van der Waals surface area contributed by atoms with Gasteiger partial charge in [-0.05, 0) is 43.0 Å². The summed E-state index contributed by atoms with van der Waals surface area (Å²) in [5, 5.41) is 10.3. The number of nitrogens with zero attached hydrogens (tertiary/aromatic N) is 7. The second kappa shape index (κ2) is 11.3. The van der Waals surface area contributed by atoms with E-state index in [2.05, 4.69) is 22.6 Å². The molecule has 3 aliphatic heterocycles. The molecule has 0 bridgehead atoms. The zero-order chi connectivity index (χ0) is 30.4. The number of benzene rings is 1. The van der Waals surface area contributed by atoms with Crippen molar-refractivity contribution in [2.24, 2.45) is 0 Å². The van der Waals surface area contributed by atoms with Crippen molar-refractivity contribution in [2.45, 2.75) is 44.2 Å². The SMILES string of the molecule is C=CC(=O)N1CCN(c2nc(=O)n3c4c(c(-c5c(F)ccnc5N)c(Cl)cc24)CCC3CN2CCCC2=O)C[C@@H]1CC#N. The summed E-state index contributed by atoms with van der Waals surface area (Å²) >= 11 is 6.90. The third kappa shape index (κ3) is 4.87. The summed E-state index contributed by atoms with van der Waals surface area (Å²) in [6.45, 7) is 5.50. The largest absolute Gasteiger partial charge is 0.383 e. The number of rotatable bonds is 6. The molecule has 222 valence electrons. The number of anilines is 2. The number of carbonyl (C=O) groups excluding carboxylic acids is 2. The minimum atomic E-state index is -0.583. The summed E-state index contributed by atoms with van der Waals surface area (Å²) in [6.07, 6.45) is 4.81. The molecule has 0 radical (unpaired) electrons. The lowest BCUT2D eigenvalue weighted by Gasteiger charge is -2.41. The van der Waals surface area contributed by atoms with E-state index in [9.17, 15) is 19.6 Å². The predicted molar refractivity (Wildman–Crippen MR) is 160 cm³/mol. The Morgan fingerprint density at radius 3 is 2.74 bits per heavy atom. The van der Waals surface area contributed by atoms with Crippen LogP contribution in [0.25, 0.3) is 22.0 Å². The zero-order valence-electron chi connectivity index (χ0n) is 23.4. The number of likely N-dealkylation sites (tertiary alicyclic amines) is 1. The lowest BCUT2D eigenvalue weighted by Crippen LogP contribution is -2.55. The molecule has 5 heterocycles. The van der Waals surface area contributed by atoms with Gasteiger partial charge in [-0.1, -0.05) is 18.2 Å². The minimum Gasteiger partial charge on any atom is -0.383 e. The molecule has 1 unspecified atom stereocenters. The molecule has 11 nitrogen and oxygen atoms in total. The quantitative estimate of drug-likeness (QED) is 0.423. The number of hydrogen-bond acceptors (Lipinski definition) is 8. The molecule has 3 aliphatic rings. The van der Waals surface area contributed by atoms with Gasteiger partial charge < -0.3 is 20.4 Å². The Balaban J connectivity index is 1.55. The van der Waals surface area contributed by atoms with E-state index in [1.807, 2.05) is 4.90 Å². The summed E-state index contributed by atoms with van der Waals surface area (Å²) in [4.78, 5) is 52.8. The summed E-state index contributed by atoms with van der Waals surface area (Å²) in [7, 11) is 0. The Morgan fingerprint density at radius 1 is 1.23 bits per heavy atom. The molecule has 0 spiro atoms. The average Bonchev–Trinajstić information content (AvgIpc) is 3.39. The maximum absolute atomic E-state index is 15.3. The molecule has 0 saturated carbocycles. The molecule has 2 saturated heterocycles. The van der Waals surface area contributed by atoms with Crippen molar-refractivity contribution in [3.8, 4) is 17.2 Å². The van der Waals surface area contributed by atoms with Gasteiger partial charge in [0.05, 0.1) is 35.7 Å². The van der Waals surface area contributed by atoms with Gasteiger partial charge in [0.2, 0.25) is 11.8 Å². The van der Waals surface area contributed by atoms with E-state index in [-0.39, 0.29) is 47.2 Å². The van der Waals surface area contributed by atoms with E-state index in [4.69, 9.17) is 17.3 Å².